The van der Waals surface area contributed by atoms with Crippen LogP contribution in [0.25, 0.3) is 10.2 Å². The van der Waals surface area contributed by atoms with Gasteiger partial charge in [-0.15, -0.1) is 11.3 Å². The number of amides is 1. The Kier molecular flexibility index (Phi) is 3.56. The lowest BCUT2D eigenvalue weighted by molar-refractivity contribution is 0.102. The Morgan fingerprint density at radius 3 is 2.90 bits per heavy atom. The monoisotopic (exact) mass is 323 g/mol. The topological polar surface area (TPSA) is 54.9 Å². The highest BCUT2D eigenvalue weighted by molar-refractivity contribution is 7.16. The molecule has 20 heavy (non-hydrogen) atoms. The predicted octanol–water partition coefficient (Wildman–Crippen LogP) is 4.25. The van der Waals surface area contributed by atoms with Gasteiger partial charge in [-0.25, -0.2) is 9.97 Å². The molecule has 3 rings (SSSR count). The number of thiophene rings is 1. The van der Waals surface area contributed by atoms with Crippen molar-refractivity contribution < 1.29 is 4.79 Å². The molecule has 0 aliphatic heterocycles. The number of halogens is 2. The molecule has 7 heteroatoms. The molecule has 0 saturated carbocycles. The second-order valence-corrected chi connectivity index (χ2v) is 5.68. The molecule has 0 spiro atoms. The summed E-state index contributed by atoms with van der Waals surface area (Å²) in [6.07, 6.45) is 1.41. The molecule has 100 valence electrons. The number of carbonyl (C=O) groups is 1. The van der Waals surface area contributed by atoms with E-state index in [1.165, 1.54) is 23.7 Å². The quantitative estimate of drug-likeness (QED) is 0.767. The molecule has 1 N–H and O–H groups in total. The molecule has 0 saturated heterocycles. The summed E-state index contributed by atoms with van der Waals surface area (Å²) in [4.78, 5) is 21.3. The number of anilines is 1. The Balaban J connectivity index is 1.96. The fourth-order valence-corrected chi connectivity index (χ4v) is 2.84. The van der Waals surface area contributed by atoms with Gasteiger partial charge in [-0.05, 0) is 29.6 Å². The first-order valence-corrected chi connectivity index (χ1v) is 7.23. The number of hydrogen-bond donors (Lipinski definition) is 1. The Labute approximate surface area is 128 Å². The molecule has 0 unspecified atom stereocenters. The Morgan fingerprint density at radius 2 is 2.05 bits per heavy atom. The maximum absolute atomic E-state index is 12.2. The molecule has 0 radical (unpaired) electrons. The average Bonchev–Trinajstić information content (AvgIpc) is 2.91. The summed E-state index contributed by atoms with van der Waals surface area (Å²) in [7, 11) is 0. The molecule has 3 aromatic rings. The van der Waals surface area contributed by atoms with Crippen molar-refractivity contribution in [3.05, 3.63) is 51.6 Å². The van der Waals surface area contributed by atoms with E-state index in [1.54, 1.807) is 12.1 Å². The van der Waals surface area contributed by atoms with E-state index in [0.717, 1.165) is 10.2 Å². The number of nitrogens with one attached hydrogen (secondary N) is 1. The van der Waals surface area contributed by atoms with Gasteiger partial charge >= 0.3 is 0 Å². The first-order chi connectivity index (χ1) is 9.65. The minimum Gasteiger partial charge on any atom is -0.306 e. The van der Waals surface area contributed by atoms with Crippen LogP contribution in [0.1, 0.15) is 10.4 Å². The van der Waals surface area contributed by atoms with E-state index >= 15 is 0 Å². The molecule has 1 aromatic carbocycles. The first kappa shape index (κ1) is 13.3. The van der Waals surface area contributed by atoms with Gasteiger partial charge in [-0.3, -0.25) is 4.79 Å². The van der Waals surface area contributed by atoms with E-state index < -0.39 is 0 Å². The number of benzene rings is 1. The van der Waals surface area contributed by atoms with E-state index in [0.29, 0.717) is 21.4 Å². The molecule has 0 atom stereocenters. The minimum absolute atomic E-state index is 0.307. The van der Waals surface area contributed by atoms with Crippen LogP contribution in [0.5, 0.6) is 0 Å². The summed E-state index contributed by atoms with van der Waals surface area (Å²) in [6, 6.07) is 6.59. The van der Waals surface area contributed by atoms with Crippen LogP contribution in [0.3, 0.4) is 0 Å². The highest BCUT2D eigenvalue weighted by atomic mass is 35.5. The normalized spacial score (nSPS) is 10.7. The maximum atomic E-state index is 12.2. The second kappa shape index (κ2) is 5.36. The van der Waals surface area contributed by atoms with Crippen molar-refractivity contribution >= 4 is 56.5 Å². The molecular weight excluding hydrogens is 317 g/mol. The average molecular weight is 324 g/mol. The summed E-state index contributed by atoms with van der Waals surface area (Å²) in [5, 5.41) is 6.20. The van der Waals surface area contributed by atoms with Gasteiger partial charge in [0.1, 0.15) is 17.0 Å². The zero-order chi connectivity index (χ0) is 14.1. The lowest BCUT2D eigenvalue weighted by atomic mass is 10.2. The van der Waals surface area contributed by atoms with Crippen LogP contribution in [0, 0.1) is 0 Å². The van der Waals surface area contributed by atoms with Crippen molar-refractivity contribution in [2.75, 3.05) is 5.32 Å². The van der Waals surface area contributed by atoms with Gasteiger partial charge in [0.25, 0.3) is 5.91 Å². The van der Waals surface area contributed by atoms with Crippen molar-refractivity contribution in [2.45, 2.75) is 0 Å². The van der Waals surface area contributed by atoms with Gasteiger partial charge < -0.3 is 5.32 Å². The third kappa shape index (κ3) is 2.47. The van der Waals surface area contributed by atoms with Gasteiger partial charge in [-0.2, -0.15) is 0 Å². The van der Waals surface area contributed by atoms with Crippen LogP contribution in [0.15, 0.2) is 36.0 Å². The maximum Gasteiger partial charge on any atom is 0.258 e. The van der Waals surface area contributed by atoms with Gasteiger partial charge in [0.2, 0.25) is 0 Å². The molecular formula is C13H7Cl2N3OS. The van der Waals surface area contributed by atoms with E-state index in [4.69, 9.17) is 23.2 Å². The predicted molar refractivity (Wildman–Crippen MR) is 81.8 cm³/mol. The first-order valence-electron chi connectivity index (χ1n) is 5.60. The molecule has 0 aliphatic carbocycles. The Bertz CT molecular complexity index is 803. The van der Waals surface area contributed by atoms with Crippen molar-refractivity contribution in [2.24, 2.45) is 0 Å². The number of carbonyl (C=O) groups excluding carboxylic acids is 1. The summed E-state index contributed by atoms with van der Waals surface area (Å²) in [6.45, 7) is 0. The molecule has 4 nitrogen and oxygen atoms in total. The van der Waals surface area contributed by atoms with E-state index in [2.05, 4.69) is 15.3 Å². The third-order valence-electron chi connectivity index (χ3n) is 2.67. The molecule has 0 fully saturated rings. The van der Waals surface area contributed by atoms with Crippen LogP contribution < -0.4 is 5.32 Å². The number of hydrogen-bond acceptors (Lipinski definition) is 4. The molecule has 2 aromatic heterocycles. The highest BCUT2D eigenvalue weighted by Gasteiger charge is 2.14. The van der Waals surface area contributed by atoms with E-state index in [1.807, 2.05) is 11.4 Å². The number of aromatic nitrogens is 2. The lowest BCUT2D eigenvalue weighted by Gasteiger charge is -2.07. The third-order valence-corrected chi connectivity index (χ3v) is 4.05. The summed E-state index contributed by atoms with van der Waals surface area (Å²) < 4.78 is 0. The van der Waals surface area contributed by atoms with Crippen LogP contribution in [0.2, 0.25) is 10.0 Å². The largest absolute Gasteiger partial charge is 0.306 e. The SMILES string of the molecule is O=C(Nc1ncnc2sccc12)c1cc(Cl)ccc1Cl. The van der Waals surface area contributed by atoms with Gasteiger partial charge in [0.05, 0.1) is 16.0 Å². The summed E-state index contributed by atoms with van der Waals surface area (Å²) in [5.41, 5.74) is 0.307. The Morgan fingerprint density at radius 1 is 1.20 bits per heavy atom. The van der Waals surface area contributed by atoms with Crippen molar-refractivity contribution in [1.29, 1.82) is 0 Å². The van der Waals surface area contributed by atoms with Crippen LogP contribution >= 0.6 is 34.5 Å². The second-order valence-electron chi connectivity index (χ2n) is 3.94. The van der Waals surface area contributed by atoms with Gasteiger partial charge in [0, 0.05) is 5.02 Å². The number of nitrogens with zero attached hydrogens (tertiary/aromatic N) is 2. The molecule has 1 amide bonds. The minimum atomic E-state index is -0.358. The van der Waals surface area contributed by atoms with E-state index in [-0.39, 0.29) is 5.91 Å². The zero-order valence-corrected chi connectivity index (χ0v) is 12.3. The van der Waals surface area contributed by atoms with Crippen LogP contribution in [-0.2, 0) is 0 Å². The number of rotatable bonds is 2. The fourth-order valence-electron chi connectivity index (χ4n) is 1.74. The van der Waals surface area contributed by atoms with E-state index in [9.17, 15) is 4.79 Å². The highest BCUT2D eigenvalue weighted by Crippen LogP contribution is 2.26. The van der Waals surface area contributed by atoms with Crippen molar-refractivity contribution in [1.82, 2.24) is 9.97 Å². The van der Waals surface area contributed by atoms with Crippen molar-refractivity contribution in [3.8, 4) is 0 Å². The van der Waals surface area contributed by atoms with Gasteiger partial charge in [-0.1, -0.05) is 23.2 Å². The summed E-state index contributed by atoms with van der Waals surface area (Å²) in [5.74, 6) is 0.0981. The standard InChI is InChI=1S/C13H7Cl2N3OS/c14-7-1-2-10(15)9(5-7)12(19)18-11-8-3-4-20-13(8)17-6-16-11/h1-6H,(H,16,17,18,19). The zero-order valence-electron chi connectivity index (χ0n) is 9.93. The lowest BCUT2D eigenvalue weighted by Crippen LogP contribution is -2.13. The fraction of sp³-hybridized carbons (Fsp3) is 0. The van der Waals surface area contributed by atoms with Crippen molar-refractivity contribution in [3.63, 3.8) is 0 Å². The smallest absolute Gasteiger partial charge is 0.258 e. The molecule has 0 bridgehead atoms. The molecule has 2 heterocycles. The summed E-state index contributed by atoms with van der Waals surface area (Å²) >= 11 is 13.4. The Hall–Kier alpha value is -1.69. The van der Waals surface area contributed by atoms with Gasteiger partial charge in [0.15, 0.2) is 0 Å². The molecule has 0 aliphatic rings. The number of fused-ring (bicyclic) bond motifs is 1. The van der Waals surface area contributed by atoms with Crippen LogP contribution in [0.4, 0.5) is 5.82 Å². The van der Waals surface area contributed by atoms with Crippen LogP contribution in [-0.4, -0.2) is 15.9 Å².